The molecule has 2 aromatic rings. The summed E-state index contributed by atoms with van der Waals surface area (Å²) in [6.07, 6.45) is 0. The third-order valence-electron chi connectivity index (χ3n) is 4.49. The average Bonchev–Trinajstić information content (AvgIpc) is 2.47. The maximum absolute atomic E-state index is 11.6. The van der Waals surface area contributed by atoms with E-state index in [1.54, 1.807) is 0 Å². The summed E-state index contributed by atoms with van der Waals surface area (Å²) in [5, 5.41) is 19.0. The number of hydrogen-bond donors (Lipinski definition) is 2. The molecule has 0 bridgehead atoms. The van der Waals surface area contributed by atoms with E-state index in [1.807, 2.05) is 60.7 Å². The van der Waals surface area contributed by atoms with E-state index in [0.29, 0.717) is 0 Å². The highest BCUT2D eigenvalue weighted by atomic mass is 16.4. The lowest BCUT2D eigenvalue weighted by Gasteiger charge is -2.48. The van der Waals surface area contributed by atoms with E-state index in [9.17, 15) is 19.8 Å². The van der Waals surface area contributed by atoms with Crippen molar-refractivity contribution in [2.24, 2.45) is 11.8 Å². The van der Waals surface area contributed by atoms with Crippen molar-refractivity contribution < 1.29 is 19.8 Å². The van der Waals surface area contributed by atoms with Crippen molar-refractivity contribution >= 4 is 11.9 Å². The first-order chi connectivity index (χ1) is 10.6. The molecule has 0 aromatic heterocycles. The van der Waals surface area contributed by atoms with Gasteiger partial charge in [-0.3, -0.25) is 9.59 Å². The van der Waals surface area contributed by atoms with Crippen molar-refractivity contribution in [3.05, 3.63) is 71.8 Å². The van der Waals surface area contributed by atoms with E-state index >= 15 is 0 Å². The fourth-order valence-corrected chi connectivity index (χ4v) is 3.54. The molecule has 4 nitrogen and oxygen atoms in total. The van der Waals surface area contributed by atoms with Gasteiger partial charge in [0.1, 0.15) is 0 Å². The Balaban J connectivity index is 2.07. The third-order valence-corrected chi connectivity index (χ3v) is 4.49. The predicted molar refractivity (Wildman–Crippen MR) is 80.6 cm³/mol. The molecular formula is C18H16O4. The molecule has 0 amide bonds. The molecule has 3 rings (SSSR count). The van der Waals surface area contributed by atoms with E-state index in [2.05, 4.69) is 0 Å². The quantitative estimate of drug-likeness (QED) is 0.909. The fraction of sp³-hybridized carbons (Fsp3) is 0.222. The predicted octanol–water partition coefficient (Wildman–Crippen LogP) is 2.97. The molecule has 2 N–H and O–H groups in total. The maximum atomic E-state index is 11.6. The Morgan fingerprint density at radius 3 is 1.23 bits per heavy atom. The van der Waals surface area contributed by atoms with Gasteiger partial charge in [0.15, 0.2) is 0 Å². The monoisotopic (exact) mass is 296 g/mol. The topological polar surface area (TPSA) is 74.6 Å². The molecule has 4 heteroatoms. The van der Waals surface area contributed by atoms with Crippen LogP contribution in [-0.2, 0) is 9.59 Å². The number of carboxylic acids is 2. The van der Waals surface area contributed by atoms with Crippen LogP contribution in [0.4, 0.5) is 0 Å². The van der Waals surface area contributed by atoms with E-state index in [0.717, 1.165) is 11.1 Å². The average molecular weight is 296 g/mol. The van der Waals surface area contributed by atoms with Crippen molar-refractivity contribution in [2.45, 2.75) is 11.8 Å². The Labute approximate surface area is 128 Å². The van der Waals surface area contributed by atoms with Gasteiger partial charge < -0.3 is 10.2 Å². The second-order valence-electron chi connectivity index (χ2n) is 5.60. The van der Waals surface area contributed by atoms with Gasteiger partial charge >= 0.3 is 11.9 Å². The van der Waals surface area contributed by atoms with Gasteiger partial charge in [0.2, 0.25) is 0 Å². The zero-order valence-corrected chi connectivity index (χ0v) is 11.8. The van der Waals surface area contributed by atoms with Crippen LogP contribution >= 0.6 is 0 Å². The molecule has 1 saturated carbocycles. The molecule has 22 heavy (non-hydrogen) atoms. The van der Waals surface area contributed by atoms with Crippen LogP contribution in [0.15, 0.2) is 60.7 Å². The minimum absolute atomic E-state index is 0.317. The lowest BCUT2D eigenvalue weighted by atomic mass is 9.52. The normalized spacial score (nSPS) is 26.9. The van der Waals surface area contributed by atoms with Crippen LogP contribution in [0.1, 0.15) is 23.0 Å². The van der Waals surface area contributed by atoms with Crippen LogP contribution in [-0.4, -0.2) is 22.2 Å². The molecule has 2 aromatic carbocycles. The summed E-state index contributed by atoms with van der Waals surface area (Å²) in [6.45, 7) is 0. The van der Waals surface area contributed by atoms with Crippen molar-refractivity contribution in [3.8, 4) is 0 Å². The van der Waals surface area contributed by atoms with E-state index in [1.165, 1.54) is 0 Å². The fourth-order valence-electron chi connectivity index (χ4n) is 3.54. The number of rotatable bonds is 4. The van der Waals surface area contributed by atoms with Gasteiger partial charge in [0, 0.05) is 11.8 Å². The molecule has 1 aliphatic carbocycles. The molecule has 0 spiro atoms. The third kappa shape index (κ3) is 2.26. The van der Waals surface area contributed by atoms with Crippen LogP contribution in [0.3, 0.4) is 0 Å². The van der Waals surface area contributed by atoms with Gasteiger partial charge in [-0.15, -0.1) is 0 Å². The molecule has 112 valence electrons. The maximum Gasteiger partial charge on any atom is 0.308 e. The first-order valence-electron chi connectivity index (χ1n) is 7.16. The van der Waals surface area contributed by atoms with Gasteiger partial charge in [-0.1, -0.05) is 60.7 Å². The summed E-state index contributed by atoms with van der Waals surface area (Å²) < 4.78 is 0. The van der Waals surface area contributed by atoms with E-state index in [4.69, 9.17) is 0 Å². The largest absolute Gasteiger partial charge is 0.481 e. The first kappa shape index (κ1) is 14.3. The second-order valence-corrected chi connectivity index (χ2v) is 5.60. The zero-order valence-electron chi connectivity index (χ0n) is 11.8. The van der Waals surface area contributed by atoms with Crippen LogP contribution in [0, 0.1) is 11.8 Å². The lowest BCUT2D eigenvalue weighted by Crippen LogP contribution is -2.51. The highest BCUT2D eigenvalue weighted by Gasteiger charge is 2.58. The van der Waals surface area contributed by atoms with Crippen molar-refractivity contribution in [3.63, 3.8) is 0 Å². The van der Waals surface area contributed by atoms with Gasteiger partial charge in [-0.2, -0.15) is 0 Å². The van der Waals surface area contributed by atoms with E-state index < -0.39 is 23.8 Å². The number of carboxylic acid groups (broad SMARTS) is 2. The standard InChI is InChI=1S/C18H16O4/c19-17(20)15-13(11-7-3-1-4-8-11)14(16(15)18(21)22)12-9-5-2-6-10-12/h1-10,13-16H,(H,19,20)(H,21,22)/t13-,14+,15+,16-. The summed E-state index contributed by atoms with van der Waals surface area (Å²) in [5.41, 5.74) is 1.75. The Morgan fingerprint density at radius 2 is 0.955 bits per heavy atom. The van der Waals surface area contributed by atoms with Crippen molar-refractivity contribution in [2.75, 3.05) is 0 Å². The molecule has 0 unspecified atom stereocenters. The molecule has 1 fully saturated rings. The van der Waals surface area contributed by atoms with Crippen LogP contribution in [0.25, 0.3) is 0 Å². The first-order valence-corrected chi connectivity index (χ1v) is 7.16. The number of carbonyl (C=O) groups is 2. The minimum Gasteiger partial charge on any atom is -0.481 e. The van der Waals surface area contributed by atoms with Crippen LogP contribution < -0.4 is 0 Å². The summed E-state index contributed by atoms with van der Waals surface area (Å²) in [4.78, 5) is 23.2. The molecule has 1 aliphatic rings. The molecule has 0 aliphatic heterocycles. The molecule has 4 atom stereocenters. The molecule has 0 radical (unpaired) electrons. The van der Waals surface area contributed by atoms with Crippen molar-refractivity contribution in [1.29, 1.82) is 0 Å². The van der Waals surface area contributed by atoms with Gasteiger partial charge in [0.05, 0.1) is 11.8 Å². The van der Waals surface area contributed by atoms with Gasteiger partial charge in [0.25, 0.3) is 0 Å². The Morgan fingerprint density at radius 1 is 0.636 bits per heavy atom. The summed E-state index contributed by atoms with van der Waals surface area (Å²) in [5.74, 6) is -4.53. The second kappa shape index (κ2) is 5.64. The summed E-state index contributed by atoms with van der Waals surface area (Å²) in [6, 6.07) is 18.6. The Bertz CT molecular complexity index is 619. The lowest BCUT2D eigenvalue weighted by molar-refractivity contribution is -0.164. The van der Waals surface area contributed by atoms with Crippen LogP contribution in [0.2, 0.25) is 0 Å². The summed E-state index contributed by atoms with van der Waals surface area (Å²) >= 11 is 0. The number of benzene rings is 2. The molecular weight excluding hydrogens is 280 g/mol. The highest BCUT2D eigenvalue weighted by molar-refractivity contribution is 5.85. The Kier molecular flexibility index (Phi) is 3.67. The smallest absolute Gasteiger partial charge is 0.308 e. The SMILES string of the molecule is O=C(O)[C@@H]1[C@H](C(=O)O)[C@@H](c2ccccc2)[C@H]1c1ccccc1. The molecule has 0 heterocycles. The highest BCUT2D eigenvalue weighted by Crippen LogP contribution is 2.57. The van der Waals surface area contributed by atoms with E-state index in [-0.39, 0.29) is 11.8 Å². The number of aliphatic carboxylic acids is 2. The summed E-state index contributed by atoms with van der Waals surface area (Å²) in [7, 11) is 0. The van der Waals surface area contributed by atoms with Crippen LogP contribution in [0.5, 0.6) is 0 Å². The van der Waals surface area contributed by atoms with Crippen molar-refractivity contribution in [1.82, 2.24) is 0 Å². The zero-order chi connectivity index (χ0) is 15.7. The van der Waals surface area contributed by atoms with Gasteiger partial charge in [-0.25, -0.2) is 0 Å². The minimum atomic E-state index is -1.05. The number of hydrogen-bond acceptors (Lipinski definition) is 2. The Hall–Kier alpha value is -2.62. The molecule has 0 saturated heterocycles. The van der Waals surface area contributed by atoms with Gasteiger partial charge in [-0.05, 0) is 11.1 Å².